The van der Waals surface area contributed by atoms with Crippen molar-refractivity contribution in [2.75, 3.05) is 0 Å². The van der Waals surface area contributed by atoms with E-state index in [1.54, 1.807) is 12.1 Å². The van der Waals surface area contributed by atoms with E-state index in [9.17, 15) is 21.6 Å². The van der Waals surface area contributed by atoms with Gasteiger partial charge in [-0.3, -0.25) is 0 Å². The molecule has 0 amide bonds. The van der Waals surface area contributed by atoms with Crippen LogP contribution in [0.5, 0.6) is 5.75 Å². The lowest BCUT2D eigenvalue weighted by Crippen LogP contribution is -2.48. The second-order valence-electron chi connectivity index (χ2n) is 6.01. The summed E-state index contributed by atoms with van der Waals surface area (Å²) in [6.07, 6.45) is 2.73. The molecule has 138 valence electrons. The fraction of sp³-hybridized carbons (Fsp3) is 0.625. The van der Waals surface area contributed by atoms with Gasteiger partial charge in [0.15, 0.2) is 0 Å². The van der Waals surface area contributed by atoms with Gasteiger partial charge >= 0.3 is 15.6 Å². The molecule has 0 atom stereocenters. The Morgan fingerprint density at radius 3 is 1.83 bits per heavy atom. The molecule has 0 aliphatic heterocycles. The zero-order valence-corrected chi connectivity index (χ0v) is 16.1. The minimum absolute atomic E-state index is 0.156. The van der Waals surface area contributed by atoms with E-state index in [1.165, 1.54) is 12.1 Å². The van der Waals surface area contributed by atoms with Gasteiger partial charge in [-0.15, -0.1) is 0 Å². The monoisotopic (exact) mass is 382 g/mol. The number of alkyl halides is 3. The Morgan fingerprint density at radius 2 is 1.42 bits per heavy atom. The highest BCUT2D eigenvalue weighted by Gasteiger charge is 2.49. The fourth-order valence-electron chi connectivity index (χ4n) is 3.36. The van der Waals surface area contributed by atoms with Gasteiger partial charge in [-0.1, -0.05) is 76.4 Å². The normalized spacial score (nSPS) is 13.1. The molecule has 0 saturated carbocycles. The molecular formula is C16H25F3O3SSi. The first-order valence-electron chi connectivity index (χ1n) is 8.23. The third-order valence-corrected chi connectivity index (χ3v) is 11.0. The van der Waals surface area contributed by atoms with Crippen molar-refractivity contribution in [1.82, 2.24) is 0 Å². The minimum atomic E-state index is -5.66. The molecule has 0 bridgehead atoms. The van der Waals surface area contributed by atoms with Crippen LogP contribution >= 0.6 is 0 Å². The summed E-state index contributed by atoms with van der Waals surface area (Å²) in [5, 5.41) is 0.684. The average molecular weight is 383 g/mol. The van der Waals surface area contributed by atoms with Crippen molar-refractivity contribution in [2.24, 2.45) is 0 Å². The molecule has 0 fully saturated rings. The molecule has 3 nitrogen and oxygen atoms in total. The summed E-state index contributed by atoms with van der Waals surface area (Å²) in [7, 11) is -7.79. The van der Waals surface area contributed by atoms with E-state index >= 15 is 0 Å². The fourth-order valence-corrected chi connectivity index (χ4v) is 9.44. The second kappa shape index (κ2) is 8.38. The molecule has 0 aromatic heterocycles. The third-order valence-electron chi connectivity index (χ3n) is 4.13. The summed E-state index contributed by atoms with van der Waals surface area (Å²) in [6, 6.07) is 9.04. The Hall–Kier alpha value is -1.02. The van der Waals surface area contributed by atoms with Gasteiger partial charge in [-0.05, 0) is 11.3 Å². The van der Waals surface area contributed by atoms with Gasteiger partial charge in [-0.25, -0.2) is 0 Å². The molecule has 1 aromatic rings. The highest BCUT2D eigenvalue weighted by Crippen LogP contribution is 2.32. The Labute approximate surface area is 143 Å². The van der Waals surface area contributed by atoms with E-state index in [2.05, 4.69) is 4.18 Å². The summed E-state index contributed by atoms with van der Waals surface area (Å²) < 4.78 is 65.5. The lowest BCUT2D eigenvalue weighted by Gasteiger charge is -2.33. The van der Waals surface area contributed by atoms with Crippen LogP contribution in [0.4, 0.5) is 13.2 Å². The Balaban J connectivity index is 3.42. The van der Waals surface area contributed by atoms with Crippen molar-refractivity contribution >= 4 is 23.4 Å². The maximum absolute atomic E-state index is 12.7. The number of rotatable bonds is 9. The highest BCUT2D eigenvalue weighted by atomic mass is 32.2. The van der Waals surface area contributed by atoms with Crippen molar-refractivity contribution in [1.29, 1.82) is 0 Å². The Kier molecular flexibility index (Phi) is 7.34. The van der Waals surface area contributed by atoms with Crippen molar-refractivity contribution < 1.29 is 25.8 Å². The molecule has 24 heavy (non-hydrogen) atoms. The maximum atomic E-state index is 12.7. The zero-order valence-electron chi connectivity index (χ0n) is 14.3. The quantitative estimate of drug-likeness (QED) is 0.350. The molecule has 1 rings (SSSR count). The van der Waals surface area contributed by atoms with Crippen molar-refractivity contribution in [3.05, 3.63) is 24.3 Å². The van der Waals surface area contributed by atoms with Gasteiger partial charge in [0.05, 0.1) is 8.07 Å². The van der Waals surface area contributed by atoms with Gasteiger partial charge in [0.1, 0.15) is 5.75 Å². The van der Waals surface area contributed by atoms with Crippen LogP contribution in [-0.2, 0) is 10.1 Å². The number of para-hydroxylation sites is 1. The van der Waals surface area contributed by atoms with Gasteiger partial charge < -0.3 is 4.18 Å². The Morgan fingerprint density at radius 1 is 0.958 bits per heavy atom. The van der Waals surface area contributed by atoms with Crippen LogP contribution in [0, 0.1) is 0 Å². The van der Waals surface area contributed by atoms with Crippen LogP contribution in [0.15, 0.2) is 24.3 Å². The van der Waals surface area contributed by atoms with Crippen LogP contribution in [0.3, 0.4) is 0 Å². The third kappa shape index (κ3) is 4.75. The molecule has 0 spiro atoms. The number of hydrogen-bond donors (Lipinski definition) is 0. The van der Waals surface area contributed by atoms with Crippen molar-refractivity contribution in [3.8, 4) is 5.75 Å². The molecule has 0 heterocycles. The first kappa shape index (κ1) is 21.0. The lowest BCUT2D eigenvalue weighted by atomic mass is 10.3. The molecule has 8 heteroatoms. The smallest absolute Gasteiger partial charge is 0.376 e. The predicted octanol–water partition coefficient (Wildman–Crippen LogP) is 4.80. The van der Waals surface area contributed by atoms with Crippen LogP contribution in [0.1, 0.15) is 40.0 Å². The zero-order chi connectivity index (χ0) is 18.4. The summed E-state index contributed by atoms with van der Waals surface area (Å²) in [5.74, 6) is -0.156. The molecule has 0 radical (unpaired) electrons. The maximum Gasteiger partial charge on any atom is 0.534 e. The largest absolute Gasteiger partial charge is 0.534 e. The van der Waals surface area contributed by atoms with E-state index < -0.39 is 23.7 Å². The molecule has 0 aliphatic carbocycles. The van der Waals surface area contributed by atoms with Crippen LogP contribution in [-0.4, -0.2) is 22.0 Å². The summed E-state index contributed by atoms with van der Waals surface area (Å²) in [4.78, 5) is 0. The average Bonchev–Trinajstić information content (AvgIpc) is 2.47. The number of benzene rings is 1. The molecule has 0 aliphatic rings. The first-order chi connectivity index (χ1) is 11.1. The van der Waals surface area contributed by atoms with Gasteiger partial charge in [0.25, 0.3) is 0 Å². The van der Waals surface area contributed by atoms with E-state index in [0.717, 1.165) is 37.4 Å². The predicted molar refractivity (Wildman–Crippen MR) is 92.7 cm³/mol. The topological polar surface area (TPSA) is 43.4 Å². The molecule has 0 N–H and O–H groups in total. The standard InChI is InChI=1S/C16H25F3O3SSi/c1-4-11-24(12-5-2,13-6-3)15-10-8-7-9-14(15)22-23(20,21)16(17,18)19/h7-10H,4-6,11-13H2,1-3H3. The molecule has 0 unspecified atom stereocenters. The van der Waals surface area contributed by atoms with E-state index in [4.69, 9.17) is 0 Å². The SMILES string of the molecule is CCC[Si](CCC)(CCC)c1ccccc1OS(=O)(=O)C(F)(F)F. The number of halogens is 3. The van der Waals surface area contributed by atoms with Crippen LogP contribution in [0.25, 0.3) is 0 Å². The van der Waals surface area contributed by atoms with Crippen molar-refractivity contribution in [2.45, 2.75) is 63.7 Å². The van der Waals surface area contributed by atoms with Crippen LogP contribution in [0.2, 0.25) is 18.1 Å². The van der Waals surface area contributed by atoms with E-state index in [0.29, 0.717) is 5.19 Å². The van der Waals surface area contributed by atoms with Gasteiger partial charge in [0.2, 0.25) is 0 Å². The van der Waals surface area contributed by atoms with E-state index in [-0.39, 0.29) is 5.75 Å². The first-order valence-corrected chi connectivity index (χ1v) is 12.3. The lowest BCUT2D eigenvalue weighted by molar-refractivity contribution is -0.0499. The van der Waals surface area contributed by atoms with Crippen molar-refractivity contribution in [3.63, 3.8) is 0 Å². The van der Waals surface area contributed by atoms with Gasteiger partial charge in [0, 0.05) is 0 Å². The minimum Gasteiger partial charge on any atom is -0.376 e. The second-order valence-corrected chi connectivity index (χ2v) is 12.1. The summed E-state index contributed by atoms with van der Waals surface area (Å²) in [5.41, 5.74) is -5.43. The molecule has 0 saturated heterocycles. The molecular weight excluding hydrogens is 357 g/mol. The van der Waals surface area contributed by atoms with Crippen LogP contribution < -0.4 is 9.37 Å². The summed E-state index contributed by atoms with van der Waals surface area (Å²) in [6.45, 7) is 6.13. The van der Waals surface area contributed by atoms with E-state index in [1.807, 2.05) is 20.8 Å². The van der Waals surface area contributed by atoms with Gasteiger partial charge in [-0.2, -0.15) is 21.6 Å². The highest BCUT2D eigenvalue weighted by molar-refractivity contribution is 7.88. The number of hydrogen-bond acceptors (Lipinski definition) is 3. The molecule has 1 aromatic carbocycles. The Bertz CT molecular complexity index is 613. The summed E-state index contributed by atoms with van der Waals surface area (Å²) >= 11 is 0.